The smallest absolute Gasteiger partial charge is 0.249 e. The predicted octanol–water partition coefficient (Wildman–Crippen LogP) is 1.46. The molecule has 0 saturated carbocycles. The van der Waals surface area contributed by atoms with E-state index in [9.17, 15) is 4.79 Å². The van der Waals surface area contributed by atoms with E-state index in [1.165, 1.54) is 0 Å². The lowest BCUT2D eigenvalue weighted by Gasteiger charge is -2.12. The molecule has 76 valence electrons. The van der Waals surface area contributed by atoms with Gasteiger partial charge < -0.3 is 10.1 Å². The van der Waals surface area contributed by atoms with Crippen LogP contribution in [-0.2, 0) is 9.53 Å². The fourth-order valence-corrected chi connectivity index (χ4v) is 1.42. The zero-order valence-corrected chi connectivity index (χ0v) is 9.47. The van der Waals surface area contributed by atoms with Gasteiger partial charge in [0.25, 0.3) is 0 Å². The molecule has 0 radical (unpaired) electrons. The highest BCUT2D eigenvalue weighted by Gasteiger charge is 2.23. The minimum absolute atomic E-state index is 0.0374. The highest BCUT2D eigenvalue weighted by atomic mass is 79.9. The van der Waals surface area contributed by atoms with Crippen molar-refractivity contribution in [2.75, 3.05) is 13.2 Å². The van der Waals surface area contributed by atoms with Crippen LogP contribution in [0.4, 0.5) is 0 Å². The summed E-state index contributed by atoms with van der Waals surface area (Å²) in [5, 5.41) is 2.86. The van der Waals surface area contributed by atoms with Crippen molar-refractivity contribution in [2.24, 2.45) is 0 Å². The van der Waals surface area contributed by atoms with Gasteiger partial charge >= 0.3 is 0 Å². The van der Waals surface area contributed by atoms with Crippen molar-refractivity contribution in [3.05, 3.63) is 0 Å². The second-order valence-corrected chi connectivity index (χ2v) is 4.55. The van der Waals surface area contributed by atoms with E-state index in [4.69, 9.17) is 4.74 Å². The van der Waals surface area contributed by atoms with Crippen LogP contribution < -0.4 is 5.32 Å². The topological polar surface area (TPSA) is 38.3 Å². The van der Waals surface area contributed by atoms with Crippen LogP contribution in [0.25, 0.3) is 0 Å². The second-order valence-electron chi connectivity index (χ2n) is 3.25. The van der Waals surface area contributed by atoms with Gasteiger partial charge in [-0.25, -0.2) is 0 Å². The van der Waals surface area contributed by atoms with Crippen LogP contribution in [0.1, 0.15) is 26.2 Å². The maximum atomic E-state index is 11.4. The molecule has 2 atom stereocenters. The number of amides is 1. The summed E-state index contributed by atoms with van der Waals surface area (Å²) >= 11 is 3.46. The normalized spacial score (nSPS) is 24.3. The van der Waals surface area contributed by atoms with E-state index >= 15 is 0 Å². The zero-order valence-electron chi connectivity index (χ0n) is 7.88. The first-order valence-corrected chi connectivity index (χ1v) is 5.69. The van der Waals surface area contributed by atoms with Crippen LogP contribution in [0.15, 0.2) is 0 Å². The monoisotopic (exact) mass is 249 g/mol. The maximum Gasteiger partial charge on any atom is 0.249 e. The Balaban J connectivity index is 2.16. The Labute approximate surface area is 87.3 Å². The third-order valence-electron chi connectivity index (χ3n) is 2.16. The summed E-state index contributed by atoms with van der Waals surface area (Å²) in [5.74, 6) is 0.0374. The second kappa shape index (κ2) is 5.60. The average Bonchev–Trinajstić information content (AvgIpc) is 2.66. The number of hydrogen-bond acceptors (Lipinski definition) is 2. The highest BCUT2D eigenvalue weighted by Crippen LogP contribution is 2.12. The first kappa shape index (κ1) is 11.0. The summed E-state index contributed by atoms with van der Waals surface area (Å²) in [6, 6.07) is 0. The van der Waals surface area contributed by atoms with Crippen LogP contribution >= 0.6 is 15.9 Å². The van der Waals surface area contributed by atoms with E-state index in [1.54, 1.807) is 0 Å². The molecule has 0 bridgehead atoms. The molecule has 2 unspecified atom stereocenters. The van der Waals surface area contributed by atoms with Gasteiger partial charge in [0.05, 0.1) is 0 Å². The number of halogens is 1. The number of alkyl halides is 1. The Morgan fingerprint density at radius 3 is 3.08 bits per heavy atom. The van der Waals surface area contributed by atoms with Gasteiger partial charge in [-0.1, -0.05) is 22.9 Å². The van der Waals surface area contributed by atoms with Gasteiger partial charge in [0.1, 0.15) is 6.10 Å². The molecule has 0 spiro atoms. The Morgan fingerprint density at radius 1 is 1.77 bits per heavy atom. The number of carbonyl (C=O) groups is 1. The molecule has 1 aliphatic rings. The van der Waals surface area contributed by atoms with Crippen molar-refractivity contribution in [3.8, 4) is 0 Å². The standard InChI is InChI=1S/C9H16BrNO2/c1-2-7(10)6-11-9(12)8-4-3-5-13-8/h7-8H,2-6H2,1H3,(H,11,12). The van der Waals surface area contributed by atoms with Crippen molar-refractivity contribution < 1.29 is 9.53 Å². The van der Waals surface area contributed by atoms with Crippen molar-refractivity contribution in [3.63, 3.8) is 0 Å². The van der Waals surface area contributed by atoms with Gasteiger partial charge in [0, 0.05) is 18.0 Å². The molecule has 13 heavy (non-hydrogen) atoms. The fourth-order valence-electron chi connectivity index (χ4n) is 1.25. The van der Waals surface area contributed by atoms with E-state index in [0.717, 1.165) is 25.9 Å². The molecule has 1 N–H and O–H groups in total. The Bertz CT molecular complexity index is 169. The van der Waals surface area contributed by atoms with Crippen LogP contribution in [0, 0.1) is 0 Å². The maximum absolute atomic E-state index is 11.4. The largest absolute Gasteiger partial charge is 0.368 e. The molecule has 1 aliphatic heterocycles. The number of carbonyl (C=O) groups excluding carboxylic acids is 1. The molecule has 1 saturated heterocycles. The molecule has 1 amide bonds. The number of nitrogens with one attached hydrogen (secondary N) is 1. The average molecular weight is 250 g/mol. The molecular formula is C9H16BrNO2. The summed E-state index contributed by atoms with van der Waals surface area (Å²) in [6.07, 6.45) is 2.69. The zero-order chi connectivity index (χ0) is 9.68. The quantitative estimate of drug-likeness (QED) is 0.767. The SMILES string of the molecule is CCC(Br)CNC(=O)C1CCCO1. The molecule has 1 heterocycles. The van der Waals surface area contributed by atoms with Crippen molar-refractivity contribution in [1.29, 1.82) is 0 Å². The molecular weight excluding hydrogens is 234 g/mol. The molecule has 0 aromatic heterocycles. The van der Waals surface area contributed by atoms with Crippen molar-refractivity contribution in [2.45, 2.75) is 37.1 Å². The van der Waals surface area contributed by atoms with Gasteiger partial charge in [0.15, 0.2) is 0 Å². The minimum Gasteiger partial charge on any atom is -0.368 e. The van der Waals surface area contributed by atoms with Crippen LogP contribution in [0.5, 0.6) is 0 Å². The summed E-state index contributed by atoms with van der Waals surface area (Å²) in [5.41, 5.74) is 0. The van der Waals surface area contributed by atoms with Crippen LogP contribution in [0.2, 0.25) is 0 Å². The predicted molar refractivity (Wildman–Crippen MR) is 55.0 cm³/mol. The molecule has 0 aliphatic carbocycles. The molecule has 4 heteroatoms. The van der Waals surface area contributed by atoms with Crippen LogP contribution in [-0.4, -0.2) is 30.0 Å². The summed E-state index contributed by atoms with van der Waals surface area (Å²) in [4.78, 5) is 11.8. The summed E-state index contributed by atoms with van der Waals surface area (Å²) in [6.45, 7) is 3.50. The lowest BCUT2D eigenvalue weighted by atomic mass is 10.2. The van der Waals surface area contributed by atoms with Gasteiger partial charge in [-0.3, -0.25) is 4.79 Å². The third kappa shape index (κ3) is 3.65. The Kier molecular flexibility index (Phi) is 4.73. The summed E-state index contributed by atoms with van der Waals surface area (Å²) < 4.78 is 5.25. The van der Waals surface area contributed by atoms with E-state index in [0.29, 0.717) is 11.4 Å². The Hall–Kier alpha value is -0.0900. The van der Waals surface area contributed by atoms with Crippen molar-refractivity contribution in [1.82, 2.24) is 5.32 Å². The molecule has 3 nitrogen and oxygen atoms in total. The fraction of sp³-hybridized carbons (Fsp3) is 0.889. The van der Waals surface area contributed by atoms with Crippen LogP contribution in [0.3, 0.4) is 0 Å². The van der Waals surface area contributed by atoms with E-state index in [-0.39, 0.29) is 12.0 Å². The lowest BCUT2D eigenvalue weighted by molar-refractivity contribution is -0.129. The number of hydrogen-bond donors (Lipinski definition) is 1. The first-order chi connectivity index (χ1) is 6.24. The van der Waals surface area contributed by atoms with E-state index in [2.05, 4.69) is 28.2 Å². The number of ether oxygens (including phenoxy) is 1. The highest BCUT2D eigenvalue weighted by molar-refractivity contribution is 9.09. The minimum atomic E-state index is -0.198. The molecule has 0 aromatic rings. The molecule has 1 fully saturated rings. The summed E-state index contributed by atoms with van der Waals surface area (Å²) in [7, 11) is 0. The van der Waals surface area contributed by atoms with Crippen molar-refractivity contribution >= 4 is 21.8 Å². The number of rotatable bonds is 4. The van der Waals surface area contributed by atoms with Gasteiger partial charge in [-0.15, -0.1) is 0 Å². The molecule has 1 rings (SSSR count). The van der Waals surface area contributed by atoms with E-state index in [1.807, 2.05) is 0 Å². The Morgan fingerprint density at radius 2 is 2.54 bits per heavy atom. The third-order valence-corrected chi connectivity index (χ3v) is 3.13. The van der Waals surface area contributed by atoms with Gasteiger partial charge in [0.2, 0.25) is 5.91 Å². The van der Waals surface area contributed by atoms with E-state index < -0.39 is 0 Å². The van der Waals surface area contributed by atoms with Gasteiger partial charge in [-0.2, -0.15) is 0 Å². The van der Waals surface area contributed by atoms with Gasteiger partial charge in [-0.05, 0) is 19.3 Å². The lowest BCUT2D eigenvalue weighted by Crippen LogP contribution is -2.37. The first-order valence-electron chi connectivity index (χ1n) is 4.77. The molecule has 0 aromatic carbocycles.